The lowest BCUT2D eigenvalue weighted by Crippen LogP contribution is -2.00. The monoisotopic (exact) mass is 306 g/mol. The van der Waals surface area contributed by atoms with Gasteiger partial charge in [0.15, 0.2) is 5.78 Å². The van der Waals surface area contributed by atoms with Gasteiger partial charge in [0.25, 0.3) is 0 Å². The van der Waals surface area contributed by atoms with Crippen LogP contribution in [0.1, 0.15) is 38.8 Å². The number of halogens is 2. The molecule has 3 nitrogen and oxygen atoms in total. The van der Waals surface area contributed by atoms with Crippen molar-refractivity contribution in [1.82, 2.24) is 0 Å². The number of Topliss-reactive ketones (excluding diaryl/α,β-unsaturated/α-hetero) is 1. The van der Waals surface area contributed by atoms with Crippen molar-refractivity contribution in [3.05, 3.63) is 70.3 Å². The number of carboxylic acid groups (broad SMARTS) is 1. The van der Waals surface area contributed by atoms with Gasteiger partial charge in [-0.3, -0.25) is 4.79 Å². The minimum absolute atomic E-state index is 0.171. The lowest BCUT2D eigenvalue weighted by Gasteiger charge is -1.98. The predicted octanol–water partition coefficient (Wildman–Crippen LogP) is 4.17. The van der Waals surface area contributed by atoms with Crippen molar-refractivity contribution in [2.75, 3.05) is 0 Å². The molecule has 116 valence electrons. The second-order valence-corrected chi connectivity index (χ2v) is 4.83. The number of benzene rings is 2. The summed E-state index contributed by atoms with van der Waals surface area (Å²) >= 11 is 0. The van der Waals surface area contributed by atoms with E-state index in [9.17, 15) is 18.4 Å². The van der Waals surface area contributed by atoms with Gasteiger partial charge in [-0.15, -0.1) is 0 Å². The van der Waals surface area contributed by atoms with Gasteiger partial charge in [-0.2, -0.15) is 0 Å². The van der Waals surface area contributed by atoms with E-state index >= 15 is 0 Å². The van der Waals surface area contributed by atoms with Gasteiger partial charge in [0.05, 0.1) is 11.1 Å². The highest BCUT2D eigenvalue weighted by molar-refractivity contribution is 5.94. The molecule has 0 saturated carbocycles. The Labute approximate surface area is 127 Å². The van der Waals surface area contributed by atoms with Gasteiger partial charge < -0.3 is 5.11 Å². The van der Waals surface area contributed by atoms with Crippen LogP contribution in [0.4, 0.5) is 8.78 Å². The zero-order valence-corrected chi connectivity index (χ0v) is 12.5. The Bertz CT molecular complexity index is 648. The summed E-state index contributed by atoms with van der Waals surface area (Å²) < 4.78 is 25.4. The van der Waals surface area contributed by atoms with Crippen molar-refractivity contribution in [2.45, 2.75) is 20.8 Å². The molecule has 1 N–H and O–H groups in total. The molecule has 2 rings (SSSR count). The number of aromatic carboxylic acids is 1. The Balaban J connectivity index is 0.000000220. The molecule has 0 unspecified atom stereocenters. The summed E-state index contributed by atoms with van der Waals surface area (Å²) in [6.45, 7) is 4.90. The fraction of sp³-hybridized carbons (Fsp3) is 0.176. The smallest absolute Gasteiger partial charge is 0.338 e. The highest BCUT2D eigenvalue weighted by atomic mass is 19.1. The SMILES string of the molecule is CC(=O)c1cc(C)ccc1F.Cc1ccc(F)c(C(=O)O)c1. The highest BCUT2D eigenvalue weighted by Gasteiger charge is 2.08. The minimum atomic E-state index is -1.23. The molecule has 22 heavy (non-hydrogen) atoms. The largest absolute Gasteiger partial charge is 0.478 e. The van der Waals surface area contributed by atoms with E-state index in [0.29, 0.717) is 0 Å². The molecule has 5 heteroatoms. The van der Waals surface area contributed by atoms with Crippen molar-refractivity contribution in [3.8, 4) is 0 Å². The first-order valence-corrected chi connectivity index (χ1v) is 6.49. The van der Waals surface area contributed by atoms with Gasteiger partial charge in [0.2, 0.25) is 0 Å². The summed E-state index contributed by atoms with van der Waals surface area (Å²) in [5, 5.41) is 8.45. The van der Waals surface area contributed by atoms with Crippen molar-refractivity contribution in [1.29, 1.82) is 0 Å². The van der Waals surface area contributed by atoms with Crippen LogP contribution in [0, 0.1) is 25.5 Å². The Morgan fingerprint density at radius 3 is 1.59 bits per heavy atom. The zero-order chi connectivity index (χ0) is 16.9. The molecule has 2 aromatic rings. The third-order valence-electron chi connectivity index (χ3n) is 2.85. The van der Waals surface area contributed by atoms with Gasteiger partial charge >= 0.3 is 5.97 Å². The maximum absolute atomic E-state index is 12.8. The first-order valence-electron chi connectivity index (χ1n) is 6.49. The maximum atomic E-state index is 12.8. The summed E-state index contributed by atoms with van der Waals surface area (Å²) in [6.07, 6.45) is 0. The lowest BCUT2D eigenvalue weighted by atomic mass is 10.1. The highest BCUT2D eigenvalue weighted by Crippen LogP contribution is 2.10. The molecule has 0 aliphatic carbocycles. The van der Waals surface area contributed by atoms with Crippen molar-refractivity contribution in [3.63, 3.8) is 0 Å². The second-order valence-electron chi connectivity index (χ2n) is 4.83. The molecule has 0 radical (unpaired) electrons. The van der Waals surface area contributed by atoms with Crippen LogP contribution < -0.4 is 0 Å². The third-order valence-corrected chi connectivity index (χ3v) is 2.85. The summed E-state index contributed by atoms with van der Waals surface area (Å²) in [4.78, 5) is 21.1. The topological polar surface area (TPSA) is 54.4 Å². The fourth-order valence-electron chi connectivity index (χ4n) is 1.71. The molecule has 0 amide bonds. The molecule has 0 aliphatic rings. The molecule has 0 saturated heterocycles. The van der Waals surface area contributed by atoms with Gasteiger partial charge in [-0.25, -0.2) is 13.6 Å². The molecule has 0 aromatic heterocycles. The molecule has 2 aromatic carbocycles. The second kappa shape index (κ2) is 7.45. The van der Waals surface area contributed by atoms with Crippen molar-refractivity contribution in [2.24, 2.45) is 0 Å². The van der Waals surface area contributed by atoms with E-state index in [1.807, 2.05) is 6.92 Å². The van der Waals surface area contributed by atoms with E-state index in [2.05, 4.69) is 0 Å². The van der Waals surface area contributed by atoms with Crippen LogP contribution in [0.15, 0.2) is 36.4 Å². The van der Waals surface area contributed by atoms with E-state index in [1.165, 1.54) is 25.1 Å². The van der Waals surface area contributed by atoms with Crippen LogP contribution in [0.2, 0.25) is 0 Å². The van der Waals surface area contributed by atoms with Gasteiger partial charge in [-0.05, 0) is 45.0 Å². The number of hydrogen-bond acceptors (Lipinski definition) is 2. The molecule has 0 atom stereocenters. The van der Waals surface area contributed by atoms with Gasteiger partial charge in [0, 0.05) is 0 Å². The number of ketones is 1. The van der Waals surface area contributed by atoms with Gasteiger partial charge in [-0.1, -0.05) is 23.3 Å². The van der Waals surface area contributed by atoms with Crippen molar-refractivity contribution >= 4 is 11.8 Å². The summed E-state index contributed by atoms with van der Waals surface area (Å²) in [5.74, 6) is -2.59. The van der Waals surface area contributed by atoms with E-state index in [0.717, 1.165) is 17.2 Å². The predicted molar refractivity (Wildman–Crippen MR) is 79.2 cm³/mol. The first-order chi connectivity index (χ1) is 10.2. The molecule has 0 spiro atoms. The minimum Gasteiger partial charge on any atom is -0.478 e. The molecule has 0 heterocycles. The van der Waals surface area contributed by atoms with Crippen LogP contribution in [-0.2, 0) is 0 Å². The van der Waals surface area contributed by atoms with Crippen LogP contribution in [0.3, 0.4) is 0 Å². The molecule has 0 fully saturated rings. The molecular weight excluding hydrogens is 290 g/mol. The number of carbonyl (C=O) groups is 2. The maximum Gasteiger partial charge on any atom is 0.338 e. The average Bonchev–Trinajstić information content (AvgIpc) is 2.44. The van der Waals surface area contributed by atoms with Crippen LogP contribution in [0.5, 0.6) is 0 Å². The Kier molecular flexibility index (Phi) is 5.92. The van der Waals surface area contributed by atoms with E-state index in [4.69, 9.17) is 5.11 Å². The Hall–Kier alpha value is -2.56. The van der Waals surface area contributed by atoms with Crippen LogP contribution >= 0.6 is 0 Å². The van der Waals surface area contributed by atoms with Crippen LogP contribution in [0.25, 0.3) is 0 Å². The average molecular weight is 306 g/mol. The zero-order valence-electron chi connectivity index (χ0n) is 12.5. The van der Waals surface area contributed by atoms with Crippen molar-refractivity contribution < 1.29 is 23.5 Å². The third kappa shape index (κ3) is 4.77. The fourth-order valence-corrected chi connectivity index (χ4v) is 1.71. The number of aryl methyl sites for hydroxylation is 2. The van der Waals surface area contributed by atoms with E-state index in [-0.39, 0.29) is 16.9 Å². The standard InChI is InChI=1S/C9H9FO.C8H7FO2/c1-6-3-4-9(10)8(5-6)7(2)11;1-5-2-3-7(9)6(4-5)8(10)11/h3-5H,1-2H3;2-4H,1H3,(H,10,11). The number of carboxylic acids is 1. The summed E-state index contributed by atoms with van der Waals surface area (Å²) in [6, 6.07) is 8.49. The molecule has 0 bridgehead atoms. The quantitative estimate of drug-likeness (QED) is 0.847. The lowest BCUT2D eigenvalue weighted by molar-refractivity contribution is 0.0691. The molecular formula is C17H16F2O3. The number of rotatable bonds is 2. The first kappa shape index (κ1) is 17.5. The Morgan fingerprint density at radius 1 is 0.864 bits per heavy atom. The van der Waals surface area contributed by atoms with Gasteiger partial charge in [0.1, 0.15) is 11.6 Å². The van der Waals surface area contributed by atoms with E-state index < -0.39 is 17.6 Å². The van der Waals surface area contributed by atoms with E-state index in [1.54, 1.807) is 19.1 Å². The summed E-state index contributed by atoms with van der Waals surface area (Å²) in [5.41, 5.74) is 1.54. The Morgan fingerprint density at radius 2 is 1.27 bits per heavy atom. The number of carbonyl (C=O) groups excluding carboxylic acids is 1. The normalized spacial score (nSPS) is 9.68. The number of hydrogen-bond donors (Lipinski definition) is 1. The van der Waals surface area contributed by atoms with Crippen LogP contribution in [-0.4, -0.2) is 16.9 Å². The summed E-state index contributed by atoms with van der Waals surface area (Å²) in [7, 11) is 0. The molecule has 0 aliphatic heterocycles.